The van der Waals surface area contributed by atoms with Crippen LogP contribution in [0.2, 0.25) is 25.2 Å². The van der Waals surface area contributed by atoms with Gasteiger partial charge in [-0.1, -0.05) is 18.7 Å². The van der Waals surface area contributed by atoms with Gasteiger partial charge in [0, 0.05) is 0 Å². The Hall–Kier alpha value is -0.0431. The highest BCUT2D eigenvalue weighted by Crippen LogP contribution is 2.35. The molecular weight excluding hydrogens is 100 g/mol. The SMILES string of the molecule is C=C1C[Si](C)(C)C1. The van der Waals surface area contributed by atoms with E-state index in [2.05, 4.69) is 19.7 Å². The summed E-state index contributed by atoms with van der Waals surface area (Å²) in [7, 11) is -0.613. The molecule has 0 nitrogen and oxygen atoms in total. The second-order valence-electron chi connectivity index (χ2n) is 3.27. The van der Waals surface area contributed by atoms with E-state index in [9.17, 15) is 0 Å². The summed E-state index contributed by atoms with van der Waals surface area (Å²) in [5.74, 6) is 0. The monoisotopic (exact) mass is 112 g/mol. The molecule has 1 rings (SSSR count). The smallest absolute Gasteiger partial charge is 0.0553 e. The predicted octanol–water partition coefficient (Wildman–Crippen LogP) is 2.26. The normalized spacial score (nSPS) is 26.9. The molecule has 1 saturated heterocycles. The minimum Gasteiger partial charge on any atom is -0.100 e. The number of hydrogen-bond acceptors (Lipinski definition) is 0. The van der Waals surface area contributed by atoms with Crippen LogP contribution in [0, 0.1) is 0 Å². The van der Waals surface area contributed by atoms with Crippen LogP contribution >= 0.6 is 0 Å². The van der Waals surface area contributed by atoms with E-state index in [1.807, 2.05) is 0 Å². The van der Waals surface area contributed by atoms with Gasteiger partial charge in [0.2, 0.25) is 0 Å². The van der Waals surface area contributed by atoms with Crippen LogP contribution in [0.15, 0.2) is 12.2 Å². The highest BCUT2D eigenvalue weighted by Gasteiger charge is 2.31. The number of hydrogen-bond donors (Lipinski definition) is 0. The highest BCUT2D eigenvalue weighted by atomic mass is 28.3. The van der Waals surface area contributed by atoms with Gasteiger partial charge in [-0.3, -0.25) is 0 Å². The second-order valence-corrected chi connectivity index (χ2v) is 8.30. The van der Waals surface area contributed by atoms with Crippen molar-refractivity contribution in [3.05, 3.63) is 12.2 Å². The summed E-state index contributed by atoms with van der Waals surface area (Å²) in [4.78, 5) is 0. The van der Waals surface area contributed by atoms with Gasteiger partial charge in [-0.2, -0.15) is 0 Å². The molecule has 0 radical (unpaired) electrons. The topological polar surface area (TPSA) is 0 Å². The summed E-state index contributed by atoms with van der Waals surface area (Å²) in [6, 6.07) is 2.76. The Kier molecular flexibility index (Phi) is 0.888. The molecule has 0 aliphatic carbocycles. The average molecular weight is 112 g/mol. The van der Waals surface area contributed by atoms with E-state index in [1.165, 1.54) is 17.7 Å². The van der Waals surface area contributed by atoms with Crippen LogP contribution in [0.4, 0.5) is 0 Å². The zero-order chi connectivity index (χ0) is 5.49. The van der Waals surface area contributed by atoms with Crippen molar-refractivity contribution in [2.75, 3.05) is 0 Å². The first-order valence-corrected chi connectivity index (χ1v) is 6.18. The molecular formula is C6H12Si. The third kappa shape index (κ3) is 0.941. The van der Waals surface area contributed by atoms with Crippen LogP contribution < -0.4 is 0 Å². The lowest BCUT2D eigenvalue weighted by Gasteiger charge is -2.34. The zero-order valence-electron chi connectivity index (χ0n) is 5.12. The van der Waals surface area contributed by atoms with Crippen molar-refractivity contribution in [1.82, 2.24) is 0 Å². The molecule has 0 aromatic heterocycles. The molecule has 0 saturated carbocycles. The fourth-order valence-electron chi connectivity index (χ4n) is 1.30. The zero-order valence-corrected chi connectivity index (χ0v) is 6.12. The largest absolute Gasteiger partial charge is 0.100 e. The van der Waals surface area contributed by atoms with Crippen molar-refractivity contribution in [2.24, 2.45) is 0 Å². The van der Waals surface area contributed by atoms with Gasteiger partial charge in [-0.05, 0) is 12.1 Å². The third-order valence-corrected chi connectivity index (χ3v) is 4.37. The Labute approximate surface area is 46.2 Å². The van der Waals surface area contributed by atoms with Gasteiger partial charge in [0.05, 0.1) is 8.07 Å². The quantitative estimate of drug-likeness (QED) is 0.333. The molecule has 1 heterocycles. The third-order valence-electron chi connectivity index (χ3n) is 1.46. The first kappa shape index (κ1) is 5.10. The van der Waals surface area contributed by atoms with E-state index in [1.54, 1.807) is 0 Å². The van der Waals surface area contributed by atoms with Crippen LogP contribution in [0.3, 0.4) is 0 Å². The van der Waals surface area contributed by atoms with Gasteiger partial charge in [-0.15, -0.1) is 6.58 Å². The standard InChI is InChI=1S/C6H12Si/c1-6-4-7(2,3)5-6/h1,4-5H2,2-3H3. The van der Waals surface area contributed by atoms with Gasteiger partial charge in [0.15, 0.2) is 0 Å². The Morgan fingerprint density at radius 3 is 1.86 bits per heavy atom. The minimum absolute atomic E-state index is 0.613. The lowest BCUT2D eigenvalue weighted by Crippen LogP contribution is -2.34. The first-order chi connectivity index (χ1) is 3.10. The van der Waals surface area contributed by atoms with Crippen LogP contribution in [0.1, 0.15) is 0 Å². The Bertz CT molecular complexity index is 92.7. The minimum atomic E-state index is -0.613. The molecule has 0 bridgehead atoms. The van der Waals surface area contributed by atoms with Crippen LogP contribution in [-0.2, 0) is 0 Å². The molecule has 0 unspecified atom stereocenters. The molecule has 1 aliphatic heterocycles. The van der Waals surface area contributed by atoms with E-state index in [0.29, 0.717) is 0 Å². The Morgan fingerprint density at radius 1 is 1.43 bits per heavy atom. The van der Waals surface area contributed by atoms with Crippen LogP contribution in [-0.4, -0.2) is 8.07 Å². The summed E-state index contributed by atoms with van der Waals surface area (Å²) >= 11 is 0. The Morgan fingerprint density at radius 2 is 1.86 bits per heavy atom. The van der Waals surface area contributed by atoms with E-state index in [-0.39, 0.29) is 0 Å². The highest BCUT2D eigenvalue weighted by molar-refractivity contribution is 6.81. The molecule has 0 N–H and O–H groups in total. The van der Waals surface area contributed by atoms with Gasteiger partial charge in [0.1, 0.15) is 0 Å². The van der Waals surface area contributed by atoms with Crippen molar-refractivity contribution in [3.8, 4) is 0 Å². The first-order valence-electron chi connectivity index (χ1n) is 2.77. The maximum atomic E-state index is 3.89. The molecule has 40 valence electrons. The van der Waals surface area contributed by atoms with E-state index in [4.69, 9.17) is 0 Å². The van der Waals surface area contributed by atoms with Crippen molar-refractivity contribution in [1.29, 1.82) is 0 Å². The van der Waals surface area contributed by atoms with Gasteiger partial charge < -0.3 is 0 Å². The Balaban J connectivity index is 2.43. The summed E-state index contributed by atoms with van der Waals surface area (Å²) in [6.45, 7) is 8.73. The molecule has 0 spiro atoms. The molecule has 7 heavy (non-hydrogen) atoms. The van der Waals surface area contributed by atoms with Crippen molar-refractivity contribution in [3.63, 3.8) is 0 Å². The van der Waals surface area contributed by atoms with E-state index < -0.39 is 8.07 Å². The molecule has 0 amide bonds. The predicted molar refractivity (Wildman–Crippen MR) is 36.2 cm³/mol. The van der Waals surface area contributed by atoms with E-state index >= 15 is 0 Å². The van der Waals surface area contributed by atoms with Crippen molar-refractivity contribution in [2.45, 2.75) is 25.2 Å². The lowest BCUT2D eigenvalue weighted by atomic mass is 10.4. The molecule has 0 aromatic carbocycles. The summed E-state index contributed by atoms with van der Waals surface area (Å²) < 4.78 is 0. The summed E-state index contributed by atoms with van der Waals surface area (Å²) in [5, 5.41) is 0. The van der Waals surface area contributed by atoms with Gasteiger partial charge in [-0.25, -0.2) is 0 Å². The maximum absolute atomic E-state index is 3.89. The second kappa shape index (κ2) is 1.22. The molecule has 1 fully saturated rings. The molecule has 1 aliphatic rings. The number of rotatable bonds is 0. The average Bonchev–Trinajstić information content (AvgIpc) is 1.27. The van der Waals surface area contributed by atoms with E-state index in [0.717, 1.165) is 0 Å². The summed E-state index contributed by atoms with van der Waals surface area (Å²) in [5.41, 5.74) is 1.48. The fourth-order valence-corrected chi connectivity index (χ4v) is 3.91. The van der Waals surface area contributed by atoms with Gasteiger partial charge in [0.25, 0.3) is 0 Å². The molecule has 0 aromatic rings. The summed E-state index contributed by atoms with van der Waals surface area (Å²) in [6.07, 6.45) is 0. The van der Waals surface area contributed by atoms with Crippen molar-refractivity contribution < 1.29 is 0 Å². The van der Waals surface area contributed by atoms with Crippen LogP contribution in [0.25, 0.3) is 0 Å². The lowest BCUT2D eigenvalue weighted by molar-refractivity contribution is 1.16. The maximum Gasteiger partial charge on any atom is 0.0553 e. The number of allylic oxidation sites excluding steroid dienone is 1. The van der Waals surface area contributed by atoms with Gasteiger partial charge >= 0.3 is 0 Å². The van der Waals surface area contributed by atoms with Crippen LogP contribution in [0.5, 0.6) is 0 Å². The molecule has 1 heteroatoms. The van der Waals surface area contributed by atoms with Crippen molar-refractivity contribution >= 4 is 8.07 Å². The fraction of sp³-hybridized carbons (Fsp3) is 0.667. The molecule has 0 atom stereocenters.